The Morgan fingerprint density at radius 2 is 2.00 bits per heavy atom. The van der Waals surface area contributed by atoms with Crippen LogP contribution in [0.3, 0.4) is 0 Å². The van der Waals surface area contributed by atoms with Gasteiger partial charge in [0.2, 0.25) is 5.91 Å². The van der Waals surface area contributed by atoms with Gasteiger partial charge in [-0.25, -0.2) is 0 Å². The topological polar surface area (TPSA) is 71.3 Å². The number of carbonyl (C=O) groups is 1. The Morgan fingerprint density at radius 3 is 2.73 bits per heavy atom. The quantitative estimate of drug-likeness (QED) is 0.645. The fraction of sp³-hybridized carbons (Fsp3) is 0.143. The van der Waals surface area contributed by atoms with Crippen LogP contribution in [0, 0.1) is 23.2 Å². The van der Waals surface area contributed by atoms with E-state index in [1.54, 1.807) is 24.3 Å². The van der Waals surface area contributed by atoms with E-state index in [2.05, 4.69) is 17.2 Å². The lowest BCUT2D eigenvalue weighted by molar-refractivity contribution is -0.116. The van der Waals surface area contributed by atoms with Gasteiger partial charge in [-0.15, -0.1) is 0 Å². The van der Waals surface area contributed by atoms with Crippen LogP contribution in [0.1, 0.15) is 11.1 Å². The number of methoxy groups -OCH3 is 1. The summed E-state index contributed by atoms with van der Waals surface area (Å²) < 4.78 is 10.5. The maximum atomic E-state index is 11.8. The maximum Gasteiger partial charge on any atom is 0.244 e. The molecule has 0 heterocycles. The van der Waals surface area contributed by atoms with Crippen LogP contribution in [0.2, 0.25) is 0 Å². The summed E-state index contributed by atoms with van der Waals surface area (Å²) in [5.41, 5.74) is 1.68. The first-order valence-electron chi connectivity index (χ1n) is 7.90. The number of ether oxygens (including phenoxy) is 2. The molecule has 26 heavy (non-hydrogen) atoms. The van der Waals surface area contributed by atoms with E-state index in [0.717, 1.165) is 11.1 Å². The molecule has 0 fully saturated rings. The van der Waals surface area contributed by atoms with Crippen LogP contribution >= 0.6 is 0 Å². The predicted molar refractivity (Wildman–Crippen MR) is 99.5 cm³/mol. The highest BCUT2D eigenvalue weighted by Crippen LogP contribution is 2.28. The molecule has 1 amide bonds. The Kier molecular flexibility index (Phi) is 7.33. The zero-order chi connectivity index (χ0) is 18.6. The van der Waals surface area contributed by atoms with Crippen molar-refractivity contribution >= 4 is 12.0 Å². The maximum absolute atomic E-state index is 11.8. The molecule has 1 N–H and O–H groups in total. The minimum Gasteiger partial charge on any atom is -0.493 e. The third-order valence-corrected chi connectivity index (χ3v) is 3.26. The lowest BCUT2D eigenvalue weighted by Crippen LogP contribution is -2.20. The molecule has 0 bridgehead atoms. The van der Waals surface area contributed by atoms with Gasteiger partial charge in [0, 0.05) is 11.6 Å². The SMILES string of the molecule is COc1cc(/C=C/C(=O)NCC#Cc2ccccc2)ccc1OCC#N. The lowest BCUT2D eigenvalue weighted by atomic mass is 10.2. The third kappa shape index (κ3) is 6.07. The minimum absolute atomic E-state index is 0.0576. The average Bonchev–Trinajstić information content (AvgIpc) is 2.69. The van der Waals surface area contributed by atoms with Gasteiger partial charge in [-0.05, 0) is 35.9 Å². The number of benzene rings is 2. The zero-order valence-electron chi connectivity index (χ0n) is 14.4. The van der Waals surface area contributed by atoms with Crippen LogP contribution in [-0.4, -0.2) is 26.2 Å². The lowest BCUT2D eigenvalue weighted by Gasteiger charge is -2.08. The van der Waals surface area contributed by atoms with Crippen LogP contribution in [0.25, 0.3) is 6.08 Å². The van der Waals surface area contributed by atoms with E-state index in [0.29, 0.717) is 11.5 Å². The van der Waals surface area contributed by atoms with E-state index >= 15 is 0 Å². The Morgan fingerprint density at radius 1 is 1.19 bits per heavy atom. The molecule has 0 atom stereocenters. The number of nitrogens with zero attached hydrogens (tertiary/aromatic N) is 1. The van der Waals surface area contributed by atoms with Crippen LogP contribution in [0.5, 0.6) is 11.5 Å². The first-order valence-corrected chi connectivity index (χ1v) is 7.90. The van der Waals surface area contributed by atoms with Crippen molar-refractivity contribution in [3.8, 4) is 29.4 Å². The summed E-state index contributed by atoms with van der Waals surface area (Å²) in [6.45, 7) is 0.209. The van der Waals surface area contributed by atoms with Crippen molar-refractivity contribution in [1.29, 1.82) is 5.26 Å². The number of hydrogen-bond donors (Lipinski definition) is 1. The highest BCUT2D eigenvalue weighted by Gasteiger charge is 2.04. The van der Waals surface area contributed by atoms with Gasteiger partial charge in [0.15, 0.2) is 18.1 Å². The second-order valence-corrected chi connectivity index (χ2v) is 5.08. The smallest absolute Gasteiger partial charge is 0.244 e. The minimum atomic E-state index is -0.240. The second-order valence-electron chi connectivity index (χ2n) is 5.08. The number of amides is 1. The van der Waals surface area contributed by atoms with Gasteiger partial charge in [-0.3, -0.25) is 4.79 Å². The molecule has 5 nitrogen and oxygen atoms in total. The van der Waals surface area contributed by atoms with E-state index in [1.807, 2.05) is 36.4 Å². The molecule has 130 valence electrons. The van der Waals surface area contributed by atoms with Gasteiger partial charge in [-0.1, -0.05) is 36.1 Å². The standard InChI is InChI=1S/C21H18N2O3/c1-25-20-16-18(9-11-19(20)26-15-13-22)10-12-21(24)23-14-5-8-17-6-3-2-4-7-17/h2-4,6-7,9-12,16H,14-15H2,1H3,(H,23,24)/b12-10+. The zero-order valence-corrected chi connectivity index (χ0v) is 14.4. The molecule has 5 heteroatoms. The fourth-order valence-corrected chi connectivity index (χ4v) is 2.05. The Balaban J connectivity index is 1.89. The van der Waals surface area contributed by atoms with Gasteiger partial charge in [0.05, 0.1) is 13.7 Å². The summed E-state index contributed by atoms with van der Waals surface area (Å²) in [5.74, 6) is 6.60. The molecule has 0 saturated heterocycles. The van der Waals surface area contributed by atoms with Crippen LogP contribution in [0.15, 0.2) is 54.6 Å². The van der Waals surface area contributed by atoms with Gasteiger partial charge in [-0.2, -0.15) is 5.26 Å². The molecule has 0 aromatic heterocycles. The van der Waals surface area contributed by atoms with E-state index in [-0.39, 0.29) is 19.1 Å². The van der Waals surface area contributed by atoms with Crippen molar-refractivity contribution in [3.05, 3.63) is 65.7 Å². The second kappa shape index (κ2) is 10.2. The van der Waals surface area contributed by atoms with Crippen molar-refractivity contribution in [2.75, 3.05) is 20.3 Å². The fourth-order valence-electron chi connectivity index (χ4n) is 2.05. The molecule has 0 radical (unpaired) electrons. The van der Waals surface area contributed by atoms with Crippen molar-refractivity contribution in [2.24, 2.45) is 0 Å². The molecule has 0 saturated carbocycles. The van der Waals surface area contributed by atoms with E-state index < -0.39 is 0 Å². The van der Waals surface area contributed by atoms with E-state index in [4.69, 9.17) is 14.7 Å². The van der Waals surface area contributed by atoms with Crippen molar-refractivity contribution in [1.82, 2.24) is 5.32 Å². The van der Waals surface area contributed by atoms with Crippen molar-refractivity contribution in [3.63, 3.8) is 0 Å². The van der Waals surface area contributed by atoms with E-state index in [1.165, 1.54) is 13.2 Å². The number of nitriles is 1. The summed E-state index contributed by atoms with van der Waals surface area (Å²) >= 11 is 0. The molecule has 2 aromatic rings. The number of carbonyl (C=O) groups excluding carboxylic acids is 1. The molecule has 0 unspecified atom stereocenters. The molecular formula is C21H18N2O3. The number of hydrogen-bond acceptors (Lipinski definition) is 4. The van der Waals surface area contributed by atoms with Crippen LogP contribution in [0.4, 0.5) is 0 Å². The van der Waals surface area contributed by atoms with Crippen molar-refractivity contribution < 1.29 is 14.3 Å². The predicted octanol–water partition coefficient (Wildman–Crippen LogP) is 2.78. The first kappa shape index (κ1) is 18.6. The normalized spacial score (nSPS) is 9.69. The monoisotopic (exact) mass is 346 g/mol. The summed E-state index contributed by atoms with van der Waals surface area (Å²) in [4.78, 5) is 11.8. The molecular weight excluding hydrogens is 328 g/mol. The first-order chi connectivity index (χ1) is 12.7. The summed E-state index contributed by atoms with van der Waals surface area (Å²) in [7, 11) is 1.51. The van der Waals surface area contributed by atoms with Crippen LogP contribution < -0.4 is 14.8 Å². The van der Waals surface area contributed by atoms with Gasteiger partial charge in [0.1, 0.15) is 6.07 Å². The molecule has 2 rings (SSSR count). The number of rotatable bonds is 6. The summed E-state index contributed by atoms with van der Waals surface area (Å²) in [6.07, 6.45) is 3.09. The largest absolute Gasteiger partial charge is 0.493 e. The molecule has 0 aliphatic heterocycles. The summed E-state index contributed by atoms with van der Waals surface area (Å²) in [5, 5.41) is 11.3. The Hall–Kier alpha value is -3.70. The summed E-state index contributed by atoms with van der Waals surface area (Å²) in [6, 6.07) is 16.7. The van der Waals surface area contributed by atoms with Gasteiger partial charge in [0.25, 0.3) is 0 Å². The Labute approximate surface area is 152 Å². The highest BCUT2D eigenvalue weighted by molar-refractivity contribution is 5.91. The molecule has 0 aliphatic carbocycles. The Bertz CT molecular complexity index is 872. The number of nitrogens with one attached hydrogen (secondary N) is 1. The molecule has 0 spiro atoms. The van der Waals surface area contributed by atoms with Crippen molar-refractivity contribution in [2.45, 2.75) is 0 Å². The van der Waals surface area contributed by atoms with Crippen LogP contribution in [-0.2, 0) is 4.79 Å². The third-order valence-electron chi connectivity index (χ3n) is 3.26. The molecule has 2 aromatic carbocycles. The average molecular weight is 346 g/mol. The highest BCUT2D eigenvalue weighted by atomic mass is 16.5. The molecule has 0 aliphatic rings. The van der Waals surface area contributed by atoms with Gasteiger partial charge >= 0.3 is 0 Å². The van der Waals surface area contributed by atoms with Gasteiger partial charge < -0.3 is 14.8 Å². The van der Waals surface area contributed by atoms with E-state index in [9.17, 15) is 4.79 Å².